The summed E-state index contributed by atoms with van der Waals surface area (Å²) >= 11 is 0. The number of benzene rings is 1. The fourth-order valence-corrected chi connectivity index (χ4v) is 1.98. The standard InChI is InChI=1S/C19H24O3/c1-3-5-6-7-12-17(20)15-14-16-11-8-9-13-18(16)22-19(21)10-4-2/h4,8-11,13-15H,3,5-7,12H2,1-2H3/b10-4-,15-14+. The van der Waals surface area contributed by atoms with Crippen LogP contribution in [0.3, 0.4) is 0 Å². The minimum Gasteiger partial charge on any atom is -0.423 e. The van der Waals surface area contributed by atoms with E-state index in [1.165, 1.54) is 12.5 Å². The Bertz CT molecular complexity index is 541. The summed E-state index contributed by atoms with van der Waals surface area (Å²) in [5, 5.41) is 0. The van der Waals surface area contributed by atoms with Crippen molar-refractivity contribution in [3.63, 3.8) is 0 Å². The van der Waals surface area contributed by atoms with Crippen LogP contribution in [-0.4, -0.2) is 11.8 Å². The topological polar surface area (TPSA) is 43.4 Å². The smallest absolute Gasteiger partial charge is 0.335 e. The summed E-state index contributed by atoms with van der Waals surface area (Å²) in [6, 6.07) is 7.17. The third-order valence-electron chi connectivity index (χ3n) is 3.16. The molecule has 0 aromatic heterocycles. The lowest BCUT2D eigenvalue weighted by molar-refractivity contribution is -0.129. The molecule has 0 amide bonds. The van der Waals surface area contributed by atoms with Crippen LogP contribution in [0.5, 0.6) is 5.75 Å². The zero-order valence-corrected chi connectivity index (χ0v) is 13.4. The Balaban J connectivity index is 2.62. The summed E-state index contributed by atoms with van der Waals surface area (Å²) in [5.74, 6) is 0.139. The molecule has 0 bridgehead atoms. The zero-order valence-electron chi connectivity index (χ0n) is 13.4. The first-order valence-electron chi connectivity index (χ1n) is 7.81. The summed E-state index contributed by atoms with van der Waals surface area (Å²) in [6.45, 7) is 3.90. The molecule has 1 rings (SSSR count). The van der Waals surface area contributed by atoms with Crippen LogP contribution in [0, 0.1) is 0 Å². The fraction of sp³-hybridized carbons (Fsp3) is 0.368. The van der Waals surface area contributed by atoms with Gasteiger partial charge in [-0.25, -0.2) is 4.79 Å². The number of ether oxygens (including phenoxy) is 1. The molecule has 0 aliphatic rings. The second-order valence-electron chi connectivity index (χ2n) is 5.07. The molecule has 118 valence electrons. The third kappa shape index (κ3) is 7.02. The third-order valence-corrected chi connectivity index (χ3v) is 3.16. The number of hydrogen-bond donors (Lipinski definition) is 0. The van der Waals surface area contributed by atoms with Crippen LogP contribution in [0.25, 0.3) is 6.08 Å². The predicted octanol–water partition coefficient (Wildman–Crippen LogP) is 4.72. The molecule has 0 aliphatic carbocycles. The van der Waals surface area contributed by atoms with Crippen LogP contribution in [0.1, 0.15) is 51.5 Å². The first kappa shape index (κ1) is 17.9. The molecule has 1 aromatic rings. The van der Waals surface area contributed by atoms with Gasteiger partial charge in [-0.3, -0.25) is 4.79 Å². The van der Waals surface area contributed by atoms with E-state index in [0.29, 0.717) is 12.2 Å². The maximum absolute atomic E-state index is 11.8. The van der Waals surface area contributed by atoms with Gasteiger partial charge in [0.15, 0.2) is 5.78 Å². The first-order valence-corrected chi connectivity index (χ1v) is 7.81. The Morgan fingerprint density at radius 2 is 1.86 bits per heavy atom. The predicted molar refractivity (Wildman–Crippen MR) is 89.7 cm³/mol. The minimum absolute atomic E-state index is 0.102. The van der Waals surface area contributed by atoms with E-state index in [1.807, 2.05) is 12.1 Å². The SMILES string of the molecule is C/C=C\C(=O)Oc1ccccc1/C=C/C(=O)CCCCCC. The van der Waals surface area contributed by atoms with Crippen molar-refractivity contribution >= 4 is 17.8 Å². The van der Waals surface area contributed by atoms with E-state index >= 15 is 0 Å². The lowest BCUT2D eigenvalue weighted by atomic mass is 10.1. The van der Waals surface area contributed by atoms with Crippen molar-refractivity contribution in [1.82, 2.24) is 0 Å². The zero-order chi connectivity index (χ0) is 16.2. The molecule has 0 N–H and O–H groups in total. The van der Waals surface area contributed by atoms with E-state index in [9.17, 15) is 9.59 Å². The molecule has 0 spiro atoms. The number of carbonyl (C=O) groups excluding carboxylic acids is 2. The highest BCUT2D eigenvalue weighted by Gasteiger charge is 2.05. The molecule has 3 nitrogen and oxygen atoms in total. The van der Waals surface area contributed by atoms with E-state index in [4.69, 9.17) is 4.74 Å². The Morgan fingerprint density at radius 3 is 2.59 bits per heavy atom. The van der Waals surface area contributed by atoms with Crippen LogP contribution < -0.4 is 4.74 Å². The second kappa shape index (κ2) is 10.6. The Labute approximate surface area is 132 Å². The largest absolute Gasteiger partial charge is 0.423 e. The van der Waals surface area contributed by atoms with Crippen molar-refractivity contribution in [1.29, 1.82) is 0 Å². The number of unbranched alkanes of at least 4 members (excludes halogenated alkanes) is 3. The molecule has 0 unspecified atom stereocenters. The number of para-hydroxylation sites is 1. The van der Waals surface area contributed by atoms with Gasteiger partial charge in [0.05, 0.1) is 0 Å². The lowest BCUT2D eigenvalue weighted by Gasteiger charge is -2.05. The van der Waals surface area contributed by atoms with Crippen molar-refractivity contribution in [2.75, 3.05) is 0 Å². The molecule has 0 saturated heterocycles. The monoisotopic (exact) mass is 300 g/mol. The van der Waals surface area contributed by atoms with E-state index in [2.05, 4.69) is 6.92 Å². The van der Waals surface area contributed by atoms with Crippen LogP contribution in [0.15, 0.2) is 42.5 Å². The van der Waals surface area contributed by atoms with Crippen molar-refractivity contribution in [2.45, 2.75) is 46.0 Å². The Hall–Kier alpha value is -2.16. The number of allylic oxidation sites excluding steroid dienone is 2. The van der Waals surface area contributed by atoms with Crippen molar-refractivity contribution in [3.8, 4) is 5.75 Å². The van der Waals surface area contributed by atoms with Crippen LogP contribution >= 0.6 is 0 Å². The lowest BCUT2D eigenvalue weighted by Crippen LogP contribution is -2.04. The number of ketones is 1. The summed E-state index contributed by atoms with van der Waals surface area (Å²) in [6.07, 6.45) is 11.2. The molecule has 0 fully saturated rings. The molecule has 0 saturated carbocycles. The van der Waals surface area contributed by atoms with Gasteiger partial charge in [0, 0.05) is 18.1 Å². The Kier molecular flexibility index (Phi) is 8.58. The van der Waals surface area contributed by atoms with Crippen LogP contribution in [-0.2, 0) is 9.59 Å². The van der Waals surface area contributed by atoms with Gasteiger partial charge in [-0.1, -0.05) is 50.5 Å². The molecule has 22 heavy (non-hydrogen) atoms. The maximum Gasteiger partial charge on any atom is 0.335 e. The number of hydrogen-bond acceptors (Lipinski definition) is 3. The first-order chi connectivity index (χ1) is 10.7. The van der Waals surface area contributed by atoms with E-state index in [1.54, 1.807) is 37.3 Å². The highest BCUT2D eigenvalue weighted by Crippen LogP contribution is 2.20. The number of rotatable bonds is 9. The van der Waals surface area contributed by atoms with Gasteiger partial charge in [-0.15, -0.1) is 0 Å². The normalized spacial score (nSPS) is 11.2. The number of carbonyl (C=O) groups is 2. The quantitative estimate of drug-likeness (QED) is 0.287. The van der Waals surface area contributed by atoms with Crippen molar-refractivity contribution < 1.29 is 14.3 Å². The molecule has 0 heterocycles. The second-order valence-corrected chi connectivity index (χ2v) is 5.07. The minimum atomic E-state index is -0.422. The van der Waals surface area contributed by atoms with Gasteiger partial charge in [0.2, 0.25) is 0 Å². The van der Waals surface area contributed by atoms with Crippen LogP contribution in [0.2, 0.25) is 0 Å². The van der Waals surface area contributed by atoms with Gasteiger partial charge in [0.1, 0.15) is 5.75 Å². The van der Waals surface area contributed by atoms with Crippen molar-refractivity contribution in [2.24, 2.45) is 0 Å². The van der Waals surface area contributed by atoms with Gasteiger partial charge in [-0.2, -0.15) is 0 Å². The van der Waals surface area contributed by atoms with E-state index in [0.717, 1.165) is 24.8 Å². The highest BCUT2D eigenvalue weighted by atomic mass is 16.5. The molecule has 0 aliphatic heterocycles. The molecular weight excluding hydrogens is 276 g/mol. The maximum atomic E-state index is 11.8. The molecular formula is C19H24O3. The summed E-state index contributed by atoms with van der Waals surface area (Å²) < 4.78 is 5.24. The van der Waals surface area contributed by atoms with E-state index < -0.39 is 5.97 Å². The summed E-state index contributed by atoms with van der Waals surface area (Å²) in [7, 11) is 0. The highest BCUT2D eigenvalue weighted by molar-refractivity contribution is 5.94. The van der Waals surface area contributed by atoms with Gasteiger partial charge < -0.3 is 4.74 Å². The average molecular weight is 300 g/mol. The van der Waals surface area contributed by atoms with Gasteiger partial charge in [-0.05, 0) is 31.6 Å². The summed E-state index contributed by atoms with van der Waals surface area (Å²) in [5.41, 5.74) is 0.724. The van der Waals surface area contributed by atoms with Crippen molar-refractivity contribution in [3.05, 3.63) is 48.1 Å². The molecule has 3 heteroatoms. The van der Waals surface area contributed by atoms with Gasteiger partial charge >= 0.3 is 5.97 Å². The van der Waals surface area contributed by atoms with Crippen LogP contribution in [0.4, 0.5) is 0 Å². The fourth-order valence-electron chi connectivity index (χ4n) is 1.98. The summed E-state index contributed by atoms with van der Waals surface area (Å²) in [4.78, 5) is 23.3. The van der Waals surface area contributed by atoms with E-state index in [-0.39, 0.29) is 5.78 Å². The number of esters is 1. The molecule has 0 radical (unpaired) electrons. The van der Waals surface area contributed by atoms with Gasteiger partial charge in [0.25, 0.3) is 0 Å². The Morgan fingerprint density at radius 1 is 1.09 bits per heavy atom. The molecule has 1 aromatic carbocycles. The average Bonchev–Trinajstić information content (AvgIpc) is 2.51. The molecule has 0 atom stereocenters.